The van der Waals surface area contributed by atoms with Crippen LogP contribution in [0.25, 0.3) is 10.9 Å². The summed E-state index contributed by atoms with van der Waals surface area (Å²) in [6.45, 7) is 0. The highest BCUT2D eigenvalue weighted by atomic mass is 35.5. The van der Waals surface area contributed by atoms with Crippen molar-refractivity contribution < 1.29 is 9.59 Å². The number of amides is 4. The number of pyridine rings is 2. The van der Waals surface area contributed by atoms with Gasteiger partial charge < -0.3 is 16.8 Å². The van der Waals surface area contributed by atoms with E-state index in [-0.39, 0.29) is 0 Å². The van der Waals surface area contributed by atoms with Gasteiger partial charge >= 0.3 is 12.1 Å². The first-order valence-corrected chi connectivity index (χ1v) is 9.50. The predicted molar refractivity (Wildman–Crippen MR) is 122 cm³/mol. The molecule has 5 N–H and O–H groups in total. The van der Waals surface area contributed by atoms with E-state index in [9.17, 15) is 9.59 Å². The van der Waals surface area contributed by atoms with Gasteiger partial charge in [0.05, 0.1) is 22.6 Å². The molecule has 0 radical (unpaired) electrons. The maximum absolute atomic E-state index is 11.5. The number of primary amides is 2. The van der Waals surface area contributed by atoms with Gasteiger partial charge in [-0.2, -0.15) is 0 Å². The Kier molecular flexibility index (Phi) is 6.97. The monoisotopic (exact) mass is 434 g/mol. The van der Waals surface area contributed by atoms with Crippen molar-refractivity contribution >= 4 is 51.6 Å². The summed E-state index contributed by atoms with van der Waals surface area (Å²) in [5.74, 6) is 0. The SMILES string of the molecule is NC(=O)N(c1ccccc1)c1ccnc(Cl)c1.NC(=O)Nc1cccc2ncccc12. The van der Waals surface area contributed by atoms with Crippen molar-refractivity contribution in [2.75, 3.05) is 10.2 Å². The summed E-state index contributed by atoms with van der Waals surface area (Å²) in [4.78, 5) is 31.6. The molecule has 0 spiro atoms. The lowest BCUT2D eigenvalue weighted by molar-refractivity contribution is 0.256. The average molecular weight is 435 g/mol. The number of para-hydroxylation sites is 1. The van der Waals surface area contributed by atoms with Crippen molar-refractivity contribution in [1.29, 1.82) is 0 Å². The van der Waals surface area contributed by atoms with Crippen molar-refractivity contribution in [3.8, 4) is 0 Å². The number of aromatic nitrogens is 2. The van der Waals surface area contributed by atoms with Gasteiger partial charge in [0.15, 0.2) is 0 Å². The Labute approximate surface area is 183 Å². The van der Waals surface area contributed by atoms with E-state index in [2.05, 4.69) is 15.3 Å². The van der Waals surface area contributed by atoms with Crippen LogP contribution in [0.1, 0.15) is 0 Å². The fourth-order valence-corrected chi connectivity index (χ4v) is 3.03. The van der Waals surface area contributed by atoms with Gasteiger partial charge in [-0.15, -0.1) is 0 Å². The van der Waals surface area contributed by atoms with E-state index >= 15 is 0 Å². The van der Waals surface area contributed by atoms with Gasteiger partial charge in [0, 0.05) is 17.8 Å². The Morgan fingerprint density at radius 3 is 2.29 bits per heavy atom. The molecule has 0 unspecified atom stereocenters. The van der Waals surface area contributed by atoms with Crippen LogP contribution >= 0.6 is 11.6 Å². The van der Waals surface area contributed by atoms with Gasteiger partial charge in [-0.3, -0.25) is 9.88 Å². The zero-order valence-corrected chi connectivity index (χ0v) is 17.0. The molecule has 156 valence electrons. The van der Waals surface area contributed by atoms with E-state index in [0.29, 0.717) is 22.2 Å². The molecule has 31 heavy (non-hydrogen) atoms. The van der Waals surface area contributed by atoms with Gasteiger partial charge in [0.2, 0.25) is 0 Å². The maximum Gasteiger partial charge on any atom is 0.323 e. The number of halogens is 1. The third-order valence-electron chi connectivity index (χ3n) is 4.11. The summed E-state index contributed by atoms with van der Waals surface area (Å²) < 4.78 is 0. The molecule has 0 bridgehead atoms. The third-order valence-corrected chi connectivity index (χ3v) is 4.31. The van der Waals surface area contributed by atoms with Crippen molar-refractivity contribution in [3.63, 3.8) is 0 Å². The summed E-state index contributed by atoms with van der Waals surface area (Å²) in [6, 6.07) is 20.4. The van der Waals surface area contributed by atoms with Gasteiger partial charge in [-0.05, 0) is 48.5 Å². The molecule has 4 amide bonds. The van der Waals surface area contributed by atoms with E-state index in [1.807, 2.05) is 42.5 Å². The lowest BCUT2D eigenvalue weighted by Gasteiger charge is -2.20. The summed E-state index contributed by atoms with van der Waals surface area (Å²) in [5, 5.41) is 3.74. The quantitative estimate of drug-likeness (QED) is 0.404. The topological polar surface area (TPSA) is 127 Å². The van der Waals surface area contributed by atoms with Gasteiger partial charge in [-0.25, -0.2) is 14.6 Å². The Balaban J connectivity index is 0.000000179. The standard InChI is InChI=1S/C12H10ClN3O.C10H9N3O/c13-11-8-10(6-7-15-11)16(12(14)17)9-4-2-1-3-5-9;11-10(14)13-9-5-1-4-8-7(9)3-2-6-12-8/h1-8H,(H2,14,17);1-6H,(H3,11,13,14). The number of fused-ring (bicyclic) bond motifs is 1. The molecular formula is C22H19ClN6O2. The number of carbonyl (C=O) groups is 2. The van der Waals surface area contributed by atoms with Crippen molar-refractivity contribution in [2.24, 2.45) is 11.5 Å². The zero-order valence-electron chi connectivity index (χ0n) is 16.3. The van der Waals surface area contributed by atoms with Crippen molar-refractivity contribution in [3.05, 3.63) is 90.3 Å². The van der Waals surface area contributed by atoms with E-state index < -0.39 is 12.1 Å². The molecule has 0 aliphatic carbocycles. The van der Waals surface area contributed by atoms with Crippen LogP contribution in [-0.4, -0.2) is 22.0 Å². The normalized spacial score (nSPS) is 9.97. The smallest absolute Gasteiger partial charge is 0.323 e. The highest BCUT2D eigenvalue weighted by Gasteiger charge is 2.14. The molecule has 2 aromatic heterocycles. The lowest BCUT2D eigenvalue weighted by atomic mass is 10.2. The number of carbonyl (C=O) groups excluding carboxylic acids is 2. The van der Waals surface area contributed by atoms with Crippen LogP contribution in [0.4, 0.5) is 26.7 Å². The van der Waals surface area contributed by atoms with Crippen molar-refractivity contribution in [1.82, 2.24) is 9.97 Å². The Bertz CT molecular complexity index is 1200. The van der Waals surface area contributed by atoms with Crippen LogP contribution in [0.3, 0.4) is 0 Å². The van der Waals surface area contributed by atoms with Crippen LogP contribution in [0.15, 0.2) is 85.2 Å². The number of benzene rings is 2. The number of hydrogen-bond acceptors (Lipinski definition) is 4. The number of nitrogens with two attached hydrogens (primary N) is 2. The van der Waals surface area contributed by atoms with Gasteiger partial charge in [0.1, 0.15) is 5.15 Å². The predicted octanol–water partition coefficient (Wildman–Crippen LogP) is 4.68. The van der Waals surface area contributed by atoms with Crippen LogP contribution < -0.4 is 21.7 Å². The molecule has 0 saturated carbocycles. The van der Waals surface area contributed by atoms with E-state index in [4.69, 9.17) is 23.1 Å². The number of hydrogen-bond donors (Lipinski definition) is 3. The first-order chi connectivity index (χ1) is 15.0. The minimum absolute atomic E-state index is 0.310. The van der Waals surface area contributed by atoms with Crippen molar-refractivity contribution in [2.45, 2.75) is 0 Å². The van der Waals surface area contributed by atoms with Gasteiger partial charge in [-0.1, -0.05) is 35.9 Å². The molecule has 2 aromatic carbocycles. The van der Waals surface area contributed by atoms with Crippen LogP contribution in [0.5, 0.6) is 0 Å². The molecule has 0 atom stereocenters. The highest BCUT2D eigenvalue weighted by molar-refractivity contribution is 6.29. The second kappa shape index (κ2) is 10.0. The molecule has 0 aliphatic rings. The van der Waals surface area contributed by atoms with Crippen LogP contribution in [0, 0.1) is 0 Å². The van der Waals surface area contributed by atoms with E-state index in [0.717, 1.165) is 10.9 Å². The largest absolute Gasteiger partial charge is 0.351 e. The summed E-state index contributed by atoms with van der Waals surface area (Å²) in [5.41, 5.74) is 13.2. The minimum Gasteiger partial charge on any atom is -0.351 e. The molecular weight excluding hydrogens is 416 g/mol. The minimum atomic E-state index is -0.571. The van der Waals surface area contributed by atoms with E-state index in [1.54, 1.807) is 36.5 Å². The second-order valence-electron chi connectivity index (χ2n) is 6.21. The Morgan fingerprint density at radius 2 is 1.61 bits per heavy atom. The average Bonchev–Trinajstić information content (AvgIpc) is 2.75. The summed E-state index contributed by atoms with van der Waals surface area (Å²) in [6.07, 6.45) is 3.23. The summed E-state index contributed by atoms with van der Waals surface area (Å²) in [7, 11) is 0. The molecule has 0 fully saturated rings. The molecule has 2 heterocycles. The molecule has 4 aromatic rings. The fourth-order valence-electron chi connectivity index (χ4n) is 2.86. The first kappa shape index (κ1) is 21.5. The number of anilines is 3. The van der Waals surface area contributed by atoms with Gasteiger partial charge in [0.25, 0.3) is 0 Å². The number of urea groups is 2. The molecule has 9 heteroatoms. The van der Waals surface area contributed by atoms with E-state index in [1.165, 1.54) is 11.1 Å². The maximum atomic E-state index is 11.5. The fraction of sp³-hybridized carbons (Fsp3) is 0. The Morgan fingerprint density at radius 1 is 0.839 bits per heavy atom. The Hall–Kier alpha value is -4.17. The molecule has 4 rings (SSSR count). The second-order valence-corrected chi connectivity index (χ2v) is 6.60. The molecule has 0 saturated heterocycles. The van der Waals surface area contributed by atoms with Crippen LogP contribution in [-0.2, 0) is 0 Å². The highest BCUT2D eigenvalue weighted by Crippen LogP contribution is 2.26. The molecule has 8 nitrogen and oxygen atoms in total. The van der Waals surface area contributed by atoms with Crippen LogP contribution in [0.2, 0.25) is 5.15 Å². The summed E-state index contributed by atoms with van der Waals surface area (Å²) >= 11 is 5.79. The lowest BCUT2D eigenvalue weighted by Crippen LogP contribution is -2.31. The number of nitrogens with one attached hydrogen (secondary N) is 1. The number of rotatable bonds is 3. The third kappa shape index (κ3) is 5.68. The number of nitrogens with zero attached hydrogens (tertiary/aromatic N) is 3. The zero-order chi connectivity index (χ0) is 22.2. The molecule has 0 aliphatic heterocycles. The first-order valence-electron chi connectivity index (χ1n) is 9.12.